The number of piperidine rings is 1. The van der Waals surface area contributed by atoms with Crippen LogP contribution in [0.5, 0.6) is 0 Å². The van der Waals surface area contributed by atoms with Gasteiger partial charge in [-0.2, -0.15) is 0 Å². The van der Waals surface area contributed by atoms with E-state index in [0.717, 1.165) is 6.42 Å². The monoisotopic (exact) mass is 370 g/mol. The van der Waals surface area contributed by atoms with Crippen LogP contribution in [-0.2, 0) is 14.3 Å². The second-order valence-corrected chi connectivity index (χ2v) is 8.74. The van der Waals surface area contributed by atoms with E-state index in [2.05, 4.69) is 5.32 Å². The van der Waals surface area contributed by atoms with E-state index in [-0.39, 0.29) is 29.9 Å². The Hall–Kier alpha value is -1.79. The number of hydrogen-bond donors (Lipinski definition) is 2. The van der Waals surface area contributed by atoms with Crippen molar-refractivity contribution in [2.45, 2.75) is 78.4 Å². The van der Waals surface area contributed by atoms with Gasteiger partial charge in [0.2, 0.25) is 5.91 Å². The predicted octanol–water partition coefficient (Wildman–Crippen LogP) is 3.03. The van der Waals surface area contributed by atoms with Crippen molar-refractivity contribution in [3.8, 4) is 0 Å². The molecule has 0 aromatic heterocycles. The summed E-state index contributed by atoms with van der Waals surface area (Å²) in [7, 11) is 0. The summed E-state index contributed by atoms with van der Waals surface area (Å²) in [5.41, 5.74) is -0.901. The standard InChI is InChI=1S/C19H34N2O5/c1-7-19(5,6)20-15(22)12-14(16(23)24)13-8-10-21(11-9-13)17(25)26-18(2,3)4/h13-14H,7-12H2,1-6H3,(H,20,22)(H,23,24). The van der Waals surface area contributed by atoms with Crippen molar-refractivity contribution in [3.63, 3.8) is 0 Å². The lowest BCUT2D eigenvalue weighted by Gasteiger charge is -2.35. The molecule has 0 radical (unpaired) electrons. The summed E-state index contributed by atoms with van der Waals surface area (Å²) in [6.45, 7) is 12.1. The van der Waals surface area contributed by atoms with Gasteiger partial charge in [-0.15, -0.1) is 0 Å². The Morgan fingerprint density at radius 1 is 1.15 bits per heavy atom. The normalized spacial score (nSPS) is 17.5. The topological polar surface area (TPSA) is 95.9 Å². The Kier molecular flexibility index (Phi) is 7.47. The van der Waals surface area contributed by atoms with Crippen LogP contribution in [0, 0.1) is 11.8 Å². The highest BCUT2D eigenvalue weighted by Crippen LogP contribution is 2.29. The molecule has 26 heavy (non-hydrogen) atoms. The van der Waals surface area contributed by atoms with Crippen LogP contribution >= 0.6 is 0 Å². The maximum atomic E-state index is 12.2. The van der Waals surface area contributed by atoms with Crippen molar-refractivity contribution < 1.29 is 24.2 Å². The number of hydrogen-bond acceptors (Lipinski definition) is 4. The Morgan fingerprint density at radius 3 is 2.12 bits per heavy atom. The Morgan fingerprint density at radius 2 is 1.69 bits per heavy atom. The van der Waals surface area contributed by atoms with Crippen LogP contribution in [0.15, 0.2) is 0 Å². The van der Waals surface area contributed by atoms with Gasteiger partial charge in [0.25, 0.3) is 0 Å². The molecular formula is C19H34N2O5. The van der Waals surface area contributed by atoms with Crippen molar-refractivity contribution in [1.29, 1.82) is 0 Å². The summed E-state index contributed by atoms with van der Waals surface area (Å²) in [6.07, 6.45) is 1.48. The molecule has 1 saturated heterocycles. The van der Waals surface area contributed by atoms with E-state index in [1.165, 1.54) is 0 Å². The molecule has 2 amide bonds. The van der Waals surface area contributed by atoms with E-state index in [9.17, 15) is 19.5 Å². The third-order valence-corrected chi connectivity index (χ3v) is 4.84. The first kappa shape index (κ1) is 22.3. The number of carboxylic acids is 1. The summed E-state index contributed by atoms with van der Waals surface area (Å²) in [4.78, 5) is 37.7. The number of nitrogens with one attached hydrogen (secondary N) is 1. The van der Waals surface area contributed by atoms with Crippen LogP contribution in [0.3, 0.4) is 0 Å². The molecule has 2 N–H and O–H groups in total. The number of aliphatic carboxylic acids is 1. The molecule has 1 unspecified atom stereocenters. The van der Waals surface area contributed by atoms with E-state index < -0.39 is 17.5 Å². The average Bonchev–Trinajstić information content (AvgIpc) is 2.50. The van der Waals surface area contributed by atoms with Gasteiger partial charge in [-0.05, 0) is 59.8 Å². The highest BCUT2D eigenvalue weighted by atomic mass is 16.6. The van der Waals surface area contributed by atoms with E-state index in [0.29, 0.717) is 25.9 Å². The molecule has 1 aliphatic heterocycles. The summed E-state index contributed by atoms with van der Waals surface area (Å²) < 4.78 is 5.36. The average molecular weight is 370 g/mol. The lowest BCUT2D eigenvalue weighted by molar-refractivity contribution is -0.147. The highest BCUT2D eigenvalue weighted by Gasteiger charge is 2.35. The van der Waals surface area contributed by atoms with Crippen LogP contribution in [0.1, 0.15) is 67.2 Å². The Labute approximate surface area is 156 Å². The van der Waals surface area contributed by atoms with Gasteiger partial charge in [-0.3, -0.25) is 9.59 Å². The third-order valence-electron chi connectivity index (χ3n) is 4.84. The third kappa shape index (κ3) is 7.22. The number of rotatable bonds is 6. The molecule has 150 valence electrons. The van der Waals surface area contributed by atoms with Crippen LogP contribution in [0.25, 0.3) is 0 Å². The summed E-state index contributed by atoms with van der Waals surface area (Å²) >= 11 is 0. The first-order chi connectivity index (χ1) is 11.8. The molecule has 0 saturated carbocycles. The summed E-state index contributed by atoms with van der Waals surface area (Å²) in [6, 6.07) is 0. The van der Waals surface area contributed by atoms with E-state index in [4.69, 9.17) is 4.74 Å². The molecule has 0 aromatic rings. The fraction of sp³-hybridized carbons (Fsp3) is 0.842. The number of likely N-dealkylation sites (tertiary alicyclic amines) is 1. The molecular weight excluding hydrogens is 336 g/mol. The van der Waals surface area contributed by atoms with Crippen molar-refractivity contribution in [3.05, 3.63) is 0 Å². The van der Waals surface area contributed by atoms with E-state index >= 15 is 0 Å². The van der Waals surface area contributed by atoms with Gasteiger partial charge < -0.3 is 20.1 Å². The molecule has 1 rings (SSSR count). The first-order valence-corrected chi connectivity index (χ1v) is 9.36. The molecule has 7 heteroatoms. The Bertz CT molecular complexity index is 517. The molecule has 1 heterocycles. The molecule has 0 aromatic carbocycles. The molecule has 0 bridgehead atoms. The van der Waals surface area contributed by atoms with Crippen molar-refractivity contribution in [1.82, 2.24) is 10.2 Å². The maximum absolute atomic E-state index is 12.2. The molecule has 1 atom stereocenters. The molecule has 1 fully saturated rings. The van der Waals surface area contributed by atoms with Crippen LogP contribution < -0.4 is 5.32 Å². The zero-order chi connectivity index (χ0) is 20.1. The minimum absolute atomic E-state index is 0.0319. The minimum Gasteiger partial charge on any atom is -0.481 e. The second-order valence-electron chi connectivity index (χ2n) is 8.74. The lowest BCUT2D eigenvalue weighted by Crippen LogP contribution is -2.46. The molecule has 7 nitrogen and oxygen atoms in total. The van der Waals surface area contributed by atoms with E-state index in [1.807, 2.05) is 41.5 Å². The quantitative estimate of drug-likeness (QED) is 0.749. The highest BCUT2D eigenvalue weighted by molar-refractivity contribution is 5.83. The van der Waals surface area contributed by atoms with Crippen molar-refractivity contribution in [2.75, 3.05) is 13.1 Å². The predicted molar refractivity (Wildman–Crippen MR) is 98.8 cm³/mol. The van der Waals surface area contributed by atoms with Crippen molar-refractivity contribution in [2.24, 2.45) is 11.8 Å². The summed E-state index contributed by atoms with van der Waals surface area (Å²) in [5, 5.41) is 12.5. The second kappa shape index (κ2) is 8.73. The number of nitrogens with zero attached hydrogens (tertiary/aromatic N) is 1. The minimum atomic E-state index is -0.954. The molecule has 0 spiro atoms. The largest absolute Gasteiger partial charge is 0.481 e. The number of amides is 2. The van der Waals surface area contributed by atoms with E-state index in [1.54, 1.807) is 4.90 Å². The van der Waals surface area contributed by atoms with Gasteiger partial charge in [-0.25, -0.2) is 4.79 Å². The van der Waals surface area contributed by atoms with Gasteiger partial charge in [0, 0.05) is 25.0 Å². The van der Waals surface area contributed by atoms with Gasteiger partial charge in [0.05, 0.1) is 5.92 Å². The van der Waals surface area contributed by atoms with Crippen molar-refractivity contribution >= 4 is 18.0 Å². The number of ether oxygens (including phenoxy) is 1. The maximum Gasteiger partial charge on any atom is 0.410 e. The first-order valence-electron chi connectivity index (χ1n) is 9.36. The number of carbonyl (C=O) groups is 3. The zero-order valence-electron chi connectivity index (χ0n) is 16.9. The number of carbonyl (C=O) groups excluding carboxylic acids is 2. The summed E-state index contributed by atoms with van der Waals surface area (Å²) in [5.74, 6) is -2.05. The zero-order valence-corrected chi connectivity index (χ0v) is 16.9. The Balaban J connectivity index is 2.62. The van der Waals surface area contributed by atoms with Crippen LogP contribution in [0.4, 0.5) is 4.79 Å². The molecule has 0 aliphatic carbocycles. The van der Waals surface area contributed by atoms with Crippen LogP contribution in [0.2, 0.25) is 0 Å². The lowest BCUT2D eigenvalue weighted by atomic mass is 9.82. The fourth-order valence-corrected chi connectivity index (χ4v) is 2.98. The number of carboxylic acid groups (broad SMARTS) is 1. The van der Waals surface area contributed by atoms with Gasteiger partial charge in [0.15, 0.2) is 0 Å². The molecule has 1 aliphatic rings. The SMILES string of the molecule is CCC(C)(C)NC(=O)CC(C(=O)O)C1CCN(C(=O)OC(C)(C)C)CC1. The fourth-order valence-electron chi connectivity index (χ4n) is 2.98. The van der Waals surface area contributed by atoms with Gasteiger partial charge >= 0.3 is 12.1 Å². The van der Waals surface area contributed by atoms with Crippen LogP contribution in [-0.4, -0.2) is 52.2 Å². The smallest absolute Gasteiger partial charge is 0.410 e. The van der Waals surface area contributed by atoms with Gasteiger partial charge in [-0.1, -0.05) is 6.92 Å². The van der Waals surface area contributed by atoms with Gasteiger partial charge in [0.1, 0.15) is 5.60 Å².